The van der Waals surface area contributed by atoms with Crippen LogP contribution in [0, 0.1) is 13.8 Å². The first-order valence-corrected chi connectivity index (χ1v) is 9.63. The molecule has 0 atom stereocenters. The molecule has 0 aromatic heterocycles. The lowest BCUT2D eigenvalue weighted by Gasteiger charge is -2.27. The summed E-state index contributed by atoms with van der Waals surface area (Å²) in [5.41, 5.74) is 2.01. The van der Waals surface area contributed by atoms with Crippen LogP contribution in [0.3, 0.4) is 0 Å². The number of hydrogen-bond acceptors (Lipinski definition) is 3. The molecule has 1 aliphatic rings. The Morgan fingerprint density at radius 2 is 1.87 bits per heavy atom. The van der Waals surface area contributed by atoms with Crippen molar-refractivity contribution in [1.82, 2.24) is 9.62 Å². The van der Waals surface area contributed by atoms with E-state index in [1.54, 1.807) is 24.0 Å². The van der Waals surface area contributed by atoms with Crippen molar-refractivity contribution >= 4 is 15.9 Å². The Balaban J connectivity index is 1.98. The molecule has 0 spiro atoms. The van der Waals surface area contributed by atoms with Crippen molar-refractivity contribution in [2.45, 2.75) is 57.4 Å². The lowest BCUT2D eigenvalue weighted by Crippen LogP contribution is -2.42. The second-order valence-corrected chi connectivity index (χ2v) is 8.06. The van der Waals surface area contributed by atoms with Gasteiger partial charge in [0.2, 0.25) is 15.9 Å². The van der Waals surface area contributed by atoms with E-state index < -0.39 is 10.0 Å². The number of carbonyl (C=O) groups excluding carboxylic acids is 1. The van der Waals surface area contributed by atoms with Crippen molar-refractivity contribution in [1.29, 1.82) is 0 Å². The number of nitrogens with zero attached hydrogens (tertiary/aromatic N) is 1. The normalized spacial score (nSPS) is 15.8. The van der Waals surface area contributed by atoms with Gasteiger partial charge in [0, 0.05) is 26.1 Å². The number of aryl methyl sites for hydroxylation is 2. The fourth-order valence-electron chi connectivity index (χ4n) is 3.08. The summed E-state index contributed by atoms with van der Waals surface area (Å²) in [5, 5.41) is 0. The molecule has 1 aromatic rings. The number of rotatable bonds is 6. The molecule has 1 N–H and O–H groups in total. The first kappa shape index (κ1) is 17.9. The van der Waals surface area contributed by atoms with E-state index in [-0.39, 0.29) is 23.4 Å². The largest absolute Gasteiger partial charge is 0.339 e. The standard InChI is InChI=1S/C17H26N2O3S/c1-13-8-9-17(12-14(13)2)23(21,22)18-10-11-19(15(3)20)16-6-4-5-7-16/h8-9,12,16,18H,4-7,10-11H2,1-3H3. The number of hydrogen-bond donors (Lipinski definition) is 1. The van der Waals surface area contributed by atoms with Gasteiger partial charge in [-0.2, -0.15) is 0 Å². The van der Waals surface area contributed by atoms with E-state index in [9.17, 15) is 13.2 Å². The molecular formula is C17H26N2O3S. The van der Waals surface area contributed by atoms with Crippen LogP contribution >= 0.6 is 0 Å². The zero-order valence-corrected chi connectivity index (χ0v) is 14.9. The number of nitrogens with one attached hydrogen (secondary N) is 1. The topological polar surface area (TPSA) is 66.5 Å². The van der Waals surface area contributed by atoms with Crippen molar-refractivity contribution in [2.75, 3.05) is 13.1 Å². The predicted molar refractivity (Wildman–Crippen MR) is 90.7 cm³/mol. The minimum absolute atomic E-state index is 0.0160. The number of sulfonamides is 1. The van der Waals surface area contributed by atoms with Crippen LogP contribution in [0.25, 0.3) is 0 Å². The number of carbonyl (C=O) groups is 1. The molecule has 1 saturated carbocycles. The molecule has 1 fully saturated rings. The molecule has 0 unspecified atom stereocenters. The van der Waals surface area contributed by atoms with Crippen molar-refractivity contribution < 1.29 is 13.2 Å². The maximum absolute atomic E-state index is 12.4. The van der Waals surface area contributed by atoms with E-state index in [0.29, 0.717) is 6.54 Å². The zero-order valence-electron chi connectivity index (χ0n) is 14.1. The van der Waals surface area contributed by atoms with Gasteiger partial charge in [0.1, 0.15) is 0 Å². The molecule has 0 heterocycles. The zero-order chi connectivity index (χ0) is 17.0. The van der Waals surface area contributed by atoms with Crippen LogP contribution in [0.15, 0.2) is 23.1 Å². The van der Waals surface area contributed by atoms with E-state index >= 15 is 0 Å². The van der Waals surface area contributed by atoms with Gasteiger partial charge in [-0.15, -0.1) is 0 Å². The van der Waals surface area contributed by atoms with Crippen molar-refractivity contribution in [2.24, 2.45) is 0 Å². The Morgan fingerprint density at radius 1 is 1.22 bits per heavy atom. The van der Waals surface area contributed by atoms with Gasteiger partial charge in [-0.25, -0.2) is 13.1 Å². The highest BCUT2D eigenvalue weighted by Gasteiger charge is 2.24. The fourth-order valence-corrected chi connectivity index (χ4v) is 4.18. The smallest absolute Gasteiger partial charge is 0.240 e. The highest BCUT2D eigenvalue weighted by Crippen LogP contribution is 2.23. The molecule has 0 radical (unpaired) electrons. The quantitative estimate of drug-likeness (QED) is 0.866. The van der Waals surface area contributed by atoms with Crippen LogP contribution in [0.4, 0.5) is 0 Å². The summed E-state index contributed by atoms with van der Waals surface area (Å²) in [5.74, 6) is 0.0160. The number of benzene rings is 1. The highest BCUT2D eigenvalue weighted by molar-refractivity contribution is 7.89. The molecular weight excluding hydrogens is 312 g/mol. The lowest BCUT2D eigenvalue weighted by atomic mass is 10.1. The fraction of sp³-hybridized carbons (Fsp3) is 0.588. The van der Waals surface area contributed by atoms with Gasteiger partial charge >= 0.3 is 0 Å². The minimum Gasteiger partial charge on any atom is -0.339 e. The third kappa shape index (κ3) is 4.54. The second kappa shape index (κ2) is 7.45. The molecule has 5 nitrogen and oxygen atoms in total. The lowest BCUT2D eigenvalue weighted by molar-refractivity contribution is -0.130. The van der Waals surface area contributed by atoms with Gasteiger partial charge in [-0.1, -0.05) is 18.9 Å². The Labute approximate surface area is 139 Å². The molecule has 23 heavy (non-hydrogen) atoms. The van der Waals surface area contributed by atoms with Gasteiger partial charge in [0.25, 0.3) is 0 Å². The SMILES string of the molecule is CC(=O)N(CCNS(=O)(=O)c1ccc(C)c(C)c1)C1CCCC1. The summed E-state index contributed by atoms with van der Waals surface area (Å²) in [7, 11) is -3.53. The molecule has 0 saturated heterocycles. The summed E-state index contributed by atoms with van der Waals surface area (Å²) in [6, 6.07) is 5.37. The first-order valence-electron chi connectivity index (χ1n) is 8.15. The summed E-state index contributed by atoms with van der Waals surface area (Å²) < 4.78 is 27.3. The van der Waals surface area contributed by atoms with Gasteiger partial charge < -0.3 is 4.90 Å². The van der Waals surface area contributed by atoms with Crippen LogP contribution in [-0.2, 0) is 14.8 Å². The van der Waals surface area contributed by atoms with Crippen LogP contribution < -0.4 is 4.72 Å². The second-order valence-electron chi connectivity index (χ2n) is 6.29. The van der Waals surface area contributed by atoms with Gasteiger partial charge in [-0.3, -0.25) is 4.79 Å². The van der Waals surface area contributed by atoms with Crippen LogP contribution in [0.5, 0.6) is 0 Å². The van der Waals surface area contributed by atoms with Crippen LogP contribution in [-0.4, -0.2) is 38.4 Å². The molecule has 1 aliphatic carbocycles. The Morgan fingerprint density at radius 3 is 2.43 bits per heavy atom. The van der Waals surface area contributed by atoms with Crippen LogP contribution in [0.2, 0.25) is 0 Å². The maximum Gasteiger partial charge on any atom is 0.240 e. The summed E-state index contributed by atoms with van der Waals surface area (Å²) >= 11 is 0. The average Bonchev–Trinajstić information content (AvgIpc) is 2.99. The van der Waals surface area contributed by atoms with Gasteiger partial charge in [0.05, 0.1) is 4.90 Å². The van der Waals surface area contributed by atoms with E-state index in [4.69, 9.17) is 0 Å². The first-order chi connectivity index (χ1) is 10.8. The van der Waals surface area contributed by atoms with E-state index in [1.807, 2.05) is 19.9 Å². The van der Waals surface area contributed by atoms with Crippen LogP contribution in [0.1, 0.15) is 43.7 Å². The summed E-state index contributed by atoms with van der Waals surface area (Å²) in [6.07, 6.45) is 4.32. The Bertz CT molecular complexity index is 664. The summed E-state index contributed by atoms with van der Waals surface area (Å²) in [6.45, 7) is 6.06. The Hall–Kier alpha value is -1.40. The van der Waals surface area contributed by atoms with E-state index in [0.717, 1.165) is 36.8 Å². The molecule has 6 heteroatoms. The molecule has 128 valence electrons. The van der Waals surface area contributed by atoms with Crippen molar-refractivity contribution in [3.05, 3.63) is 29.3 Å². The summed E-state index contributed by atoms with van der Waals surface area (Å²) in [4.78, 5) is 13.9. The molecule has 1 aromatic carbocycles. The molecule has 0 aliphatic heterocycles. The Kier molecular flexibility index (Phi) is 5.81. The highest BCUT2D eigenvalue weighted by atomic mass is 32.2. The average molecular weight is 338 g/mol. The van der Waals surface area contributed by atoms with E-state index in [1.165, 1.54) is 0 Å². The maximum atomic E-state index is 12.4. The monoisotopic (exact) mass is 338 g/mol. The third-order valence-electron chi connectivity index (χ3n) is 4.60. The predicted octanol–water partition coefficient (Wildman–Crippen LogP) is 2.37. The third-order valence-corrected chi connectivity index (χ3v) is 6.06. The van der Waals surface area contributed by atoms with Crippen molar-refractivity contribution in [3.63, 3.8) is 0 Å². The molecule has 1 amide bonds. The van der Waals surface area contributed by atoms with Gasteiger partial charge in [0.15, 0.2) is 0 Å². The molecule has 2 rings (SSSR count). The van der Waals surface area contributed by atoms with Gasteiger partial charge in [-0.05, 0) is 49.9 Å². The number of amides is 1. The van der Waals surface area contributed by atoms with Crippen molar-refractivity contribution in [3.8, 4) is 0 Å². The van der Waals surface area contributed by atoms with E-state index in [2.05, 4.69) is 4.72 Å². The minimum atomic E-state index is -3.53. The molecule has 0 bridgehead atoms.